The lowest BCUT2D eigenvalue weighted by Crippen LogP contribution is -2.30. The highest BCUT2D eigenvalue weighted by atomic mass is 32.1. The van der Waals surface area contributed by atoms with Crippen LogP contribution in [-0.2, 0) is 42.9 Å². The van der Waals surface area contributed by atoms with Crippen LogP contribution in [0.4, 0.5) is 0 Å². The standard InChI is InChI=1S/C115H120N4O3S4/c1-10-18-24-28-38-78-47-56-84(57-48-78)114(85-58-49-79(50-59-85)39-29-25-19-11-2)98-69-95-99(68-94(98)111-100(114)70-104(125-111)110-82(55-46-76(16-7)36-22-14-5)64-88(123-110)65-97-107(102(74-118)119-9)91-43-33-35-45-93(91)109(97)121)115(86-60-51-80(52-61-86)40-30-26-20-12-3,87-62-53-81(54-63-87)41-31-27-21-13-4)101-71-105(126-112(95)101)113-103(122-75-77(17-8)37-23-15-6)67-89(124-113)66-96-106(83(72-116)73-117)90-42-32-34-44-92(90)108(96)120/h32-35,42-45,47-54,56-71,76-77H,10-31,36-41,46,55,75H2,1-8H3/b96-66-,97-65-,107-102?. The molecule has 0 radical (unpaired) electrons. The molecule has 0 aliphatic heterocycles. The van der Waals surface area contributed by atoms with Crippen molar-refractivity contribution < 1.29 is 14.3 Å². The van der Waals surface area contributed by atoms with Crippen LogP contribution in [0.3, 0.4) is 0 Å². The van der Waals surface area contributed by atoms with Gasteiger partial charge in [-0.1, -0.05) is 323 Å². The van der Waals surface area contributed by atoms with Crippen molar-refractivity contribution in [3.05, 3.63) is 320 Å². The third kappa shape index (κ3) is 18.1. The minimum absolute atomic E-state index is 0.0800. The Balaban J connectivity index is 1.02. The fraction of sp³-hybridized carbons (Fsp3) is 0.374. The number of nitriles is 3. The molecule has 126 heavy (non-hydrogen) atoms. The average Bonchev–Trinajstić information content (AvgIpc) is 1.50. The van der Waals surface area contributed by atoms with Gasteiger partial charge < -0.3 is 4.74 Å². The van der Waals surface area contributed by atoms with Gasteiger partial charge in [-0.2, -0.15) is 10.5 Å². The maximum atomic E-state index is 14.9. The Morgan fingerprint density at radius 1 is 0.389 bits per heavy atom. The van der Waals surface area contributed by atoms with Gasteiger partial charge >= 0.3 is 0 Å². The van der Waals surface area contributed by atoms with E-state index in [0.29, 0.717) is 63.0 Å². The number of ether oxygens (including phenoxy) is 1. The summed E-state index contributed by atoms with van der Waals surface area (Å²) < 4.78 is 7.31. The second-order valence-electron chi connectivity index (χ2n) is 35.5. The smallest absolute Gasteiger partial charge is 0.270 e. The molecule has 7 nitrogen and oxygen atoms in total. The molecule has 11 aromatic rings. The van der Waals surface area contributed by atoms with Crippen molar-refractivity contribution in [2.24, 2.45) is 11.8 Å². The maximum Gasteiger partial charge on any atom is 0.270 e. The third-order valence-corrected chi connectivity index (χ3v) is 32.2. The zero-order chi connectivity index (χ0) is 87.9. The van der Waals surface area contributed by atoms with Crippen molar-refractivity contribution in [3.63, 3.8) is 0 Å². The molecule has 0 N–H and O–H groups in total. The van der Waals surface area contributed by atoms with Crippen LogP contribution in [0, 0.1) is 52.4 Å². The molecule has 11 heteroatoms. The predicted molar refractivity (Wildman–Crippen MR) is 530 cm³/mol. The highest BCUT2D eigenvalue weighted by Crippen LogP contribution is 2.67. The summed E-state index contributed by atoms with van der Waals surface area (Å²) in [5.41, 5.74) is 20.7. The third-order valence-electron chi connectivity index (χ3n) is 27.3. The molecule has 4 aliphatic carbocycles. The van der Waals surface area contributed by atoms with Crippen LogP contribution in [-0.4, -0.2) is 18.2 Å². The van der Waals surface area contributed by atoms with Gasteiger partial charge in [0.2, 0.25) is 0 Å². The second kappa shape index (κ2) is 41.9. The molecule has 0 saturated carbocycles. The maximum absolute atomic E-state index is 14.9. The summed E-state index contributed by atoms with van der Waals surface area (Å²) in [6, 6.07) is 75.3. The van der Waals surface area contributed by atoms with E-state index in [2.05, 4.69) is 212 Å². The summed E-state index contributed by atoms with van der Waals surface area (Å²) in [6.07, 6.45) is 37.4. The van der Waals surface area contributed by atoms with Gasteiger partial charge in [0.25, 0.3) is 5.70 Å². The number of aryl methyl sites for hydroxylation is 5. The highest BCUT2D eigenvalue weighted by molar-refractivity contribution is 7.25. The van der Waals surface area contributed by atoms with E-state index in [4.69, 9.17) is 11.3 Å². The molecule has 0 amide bonds. The number of carbonyl (C=O) groups is 2. The molecule has 0 fully saturated rings. The van der Waals surface area contributed by atoms with Gasteiger partial charge in [-0.05, 0) is 226 Å². The first kappa shape index (κ1) is 90.2. The molecule has 0 bridgehead atoms. The number of allylic oxidation sites excluding steroid dienone is 6. The number of benzene rings is 7. The van der Waals surface area contributed by atoms with Gasteiger partial charge in [0, 0.05) is 67.6 Å². The topological polar surface area (TPSA) is 119 Å². The van der Waals surface area contributed by atoms with Crippen molar-refractivity contribution in [2.45, 2.75) is 259 Å². The number of carbonyl (C=O) groups excluding carboxylic acids is 2. The lowest BCUT2D eigenvalue weighted by Gasteiger charge is -2.35. The zero-order valence-corrected chi connectivity index (χ0v) is 78.5. The lowest BCUT2D eigenvalue weighted by molar-refractivity contribution is 0.103. The Kier molecular flexibility index (Phi) is 30.0. The van der Waals surface area contributed by atoms with Crippen molar-refractivity contribution in [2.75, 3.05) is 6.61 Å². The normalized spacial score (nSPS) is 15.2. The van der Waals surface area contributed by atoms with Crippen molar-refractivity contribution >= 4 is 80.2 Å². The summed E-state index contributed by atoms with van der Waals surface area (Å²) in [6.45, 7) is 27.1. The lowest BCUT2D eigenvalue weighted by atomic mass is 9.65. The number of nitrogens with zero attached hydrogens (tertiary/aromatic N) is 4. The molecule has 0 spiro atoms. The van der Waals surface area contributed by atoms with E-state index >= 15 is 0 Å². The first-order valence-corrected chi connectivity index (χ1v) is 50.6. The van der Waals surface area contributed by atoms with Crippen LogP contribution in [0.25, 0.3) is 68.5 Å². The molecular weight excluding hydrogens is 1610 g/mol. The van der Waals surface area contributed by atoms with Crippen molar-refractivity contribution in [1.82, 2.24) is 0 Å². The monoisotopic (exact) mass is 1730 g/mol. The van der Waals surface area contributed by atoms with Crippen LogP contribution in [0.5, 0.6) is 5.75 Å². The van der Waals surface area contributed by atoms with Crippen LogP contribution < -0.4 is 4.74 Å². The molecule has 4 aliphatic rings. The quantitative estimate of drug-likeness (QED) is 0.0163. The van der Waals surface area contributed by atoms with Crippen molar-refractivity contribution in [3.8, 4) is 64.3 Å². The van der Waals surface area contributed by atoms with Crippen LogP contribution in [0.15, 0.2) is 204 Å². The molecule has 4 aromatic heterocycles. The molecule has 7 aromatic carbocycles. The van der Waals surface area contributed by atoms with Gasteiger partial charge in [0.05, 0.1) is 35.0 Å². The fourth-order valence-corrected chi connectivity index (χ4v) is 25.2. The number of Topliss-reactive ketones (excluding diaryl/α,β-unsaturated/α-hetero) is 2. The molecule has 15 rings (SSSR count). The number of rotatable bonds is 42. The first-order chi connectivity index (χ1) is 61.8. The molecule has 2 unspecified atom stereocenters. The van der Waals surface area contributed by atoms with Crippen LogP contribution in [0.2, 0.25) is 0 Å². The Bertz CT molecular complexity index is 5560. The summed E-state index contributed by atoms with van der Waals surface area (Å²) >= 11 is 7.10. The summed E-state index contributed by atoms with van der Waals surface area (Å²) in [5, 5.41) is 31.8. The van der Waals surface area contributed by atoms with Crippen molar-refractivity contribution in [1.29, 1.82) is 15.8 Å². The largest absolute Gasteiger partial charge is 0.492 e. The van der Waals surface area contributed by atoms with Crippen LogP contribution in [0.1, 0.15) is 330 Å². The average molecular weight is 1730 g/mol. The van der Waals surface area contributed by atoms with E-state index < -0.39 is 10.8 Å². The van der Waals surface area contributed by atoms with E-state index in [0.717, 1.165) is 128 Å². The number of unbranched alkanes of at least 4 members (excludes halogenated alkanes) is 14. The molecule has 642 valence electrons. The van der Waals surface area contributed by atoms with E-state index in [9.17, 15) is 25.4 Å². The first-order valence-electron chi connectivity index (χ1n) is 47.3. The Morgan fingerprint density at radius 2 is 0.778 bits per heavy atom. The van der Waals surface area contributed by atoms with Gasteiger partial charge in [-0.3, -0.25) is 9.59 Å². The van der Waals surface area contributed by atoms with E-state index in [-0.39, 0.29) is 22.8 Å². The second-order valence-corrected chi connectivity index (χ2v) is 39.8. The van der Waals surface area contributed by atoms with Gasteiger partial charge in [0.1, 0.15) is 23.5 Å². The molecular formula is C115H120N4O3S4. The fourth-order valence-electron chi connectivity index (χ4n) is 20.3. The Morgan fingerprint density at radius 3 is 1.18 bits per heavy atom. The summed E-state index contributed by atoms with van der Waals surface area (Å²) in [5.74, 6) is 1.24. The summed E-state index contributed by atoms with van der Waals surface area (Å²) in [4.78, 5) is 42.1. The van der Waals surface area contributed by atoms with Gasteiger partial charge in [-0.25, -0.2) is 10.1 Å². The Hall–Kier alpha value is -10.6. The number of hydrogen-bond acceptors (Lipinski definition) is 10. The van der Waals surface area contributed by atoms with Gasteiger partial charge in [0.15, 0.2) is 11.6 Å². The van der Waals surface area contributed by atoms with Crippen LogP contribution >= 0.6 is 45.3 Å². The molecule has 4 heterocycles. The van der Waals surface area contributed by atoms with Gasteiger partial charge in [-0.15, -0.1) is 45.3 Å². The molecule has 0 saturated heterocycles. The Labute approximate surface area is 766 Å². The van der Waals surface area contributed by atoms with E-state index in [1.54, 1.807) is 28.7 Å². The SMILES string of the molecule is [C-]#[N+]C(C#N)=C1/C(=C/c2cc(CCC(CC)CCCC)c(-c3cc4c(s3)-c3cc5c(cc3C4(c3ccc(CCCCCC)cc3)c3ccc(CCCCCC)cc3)-c3sc(-c4sc(/C=C6\C(=O)c7ccccc7C6=C(C#N)C#N)cc4OCC(CC)CCCC)cc3C5(c3ccc(CCCCCC)cc3)c3ccc(CCCCCC)cc3)s2)C(=O)c2ccccc21. The number of hydrogen-bond donors (Lipinski definition) is 0. The number of thiophene rings is 4. The minimum atomic E-state index is -0.857. The highest BCUT2D eigenvalue weighted by Gasteiger charge is 2.54. The molecule has 2 atom stereocenters. The minimum Gasteiger partial charge on any atom is -0.492 e. The zero-order valence-electron chi connectivity index (χ0n) is 75.2. The summed E-state index contributed by atoms with van der Waals surface area (Å²) in [7, 11) is 0. The number of fused-ring (bicyclic) bond motifs is 8. The van der Waals surface area contributed by atoms with E-state index in [1.807, 2.05) is 77.3 Å². The predicted octanol–water partition coefficient (Wildman–Crippen LogP) is 32.7. The number of ketones is 2. The van der Waals surface area contributed by atoms with E-state index in [1.165, 1.54) is 193 Å².